The van der Waals surface area contributed by atoms with E-state index in [1.54, 1.807) is 0 Å². The first-order valence-corrected chi connectivity index (χ1v) is 3.78. The Morgan fingerprint density at radius 2 is 2.33 bits per heavy atom. The Hall–Kier alpha value is -0.650. The SMILES string of the molecule is CNCCOCC(N)C(=O)OC. The lowest BCUT2D eigenvalue weighted by atomic mass is 10.3. The number of methoxy groups -OCH3 is 1. The third-order valence-corrected chi connectivity index (χ3v) is 1.30. The summed E-state index contributed by atoms with van der Waals surface area (Å²) in [5.41, 5.74) is 5.39. The van der Waals surface area contributed by atoms with Gasteiger partial charge in [0.15, 0.2) is 0 Å². The van der Waals surface area contributed by atoms with Crippen LogP contribution in [0.5, 0.6) is 0 Å². The van der Waals surface area contributed by atoms with E-state index in [-0.39, 0.29) is 6.61 Å². The number of esters is 1. The summed E-state index contributed by atoms with van der Waals surface area (Å²) in [6.45, 7) is 1.49. The molecule has 0 spiro atoms. The topological polar surface area (TPSA) is 73.6 Å². The van der Waals surface area contributed by atoms with Crippen LogP contribution in [0.2, 0.25) is 0 Å². The standard InChI is InChI=1S/C7H16N2O3/c1-9-3-4-12-5-6(8)7(10)11-2/h6,9H,3-5,8H2,1-2H3. The van der Waals surface area contributed by atoms with Crippen LogP contribution >= 0.6 is 0 Å². The van der Waals surface area contributed by atoms with Gasteiger partial charge in [-0.25, -0.2) is 0 Å². The molecule has 0 saturated heterocycles. The number of ether oxygens (including phenoxy) is 2. The highest BCUT2D eigenvalue weighted by molar-refractivity contribution is 5.75. The van der Waals surface area contributed by atoms with Gasteiger partial charge >= 0.3 is 5.97 Å². The Morgan fingerprint density at radius 1 is 1.67 bits per heavy atom. The van der Waals surface area contributed by atoms with Gasteiger partial charge < -0.3 is 20.5 Å². The second-order valence-electron chi connectivity index (χ2n) is 2.31. The molecule has 0 saturated carbocycles. The van der Waals surface area contributed by atoms with Crippen LogP contribution in [-0.4, -0.2) is 45.9 Å². The number of likely N-dealkylation sites (N-methyl/N-ethyl adjacent to an activating group) is 1. The van der Waals surface area contributed by atoms with Gasteiger partial charge in [0, 0.05) is 6.54 Å². The minimum Gasteiger partial charge on any atom is -0.468 e. The molecule has 0 bridgehead atoms. The van der Waals surface area contributed by atoms with Gasteiger partial charge in [0.1, 0.15) is 6.04 Å². The third kappa shape index (κ3) is 5.06. The number of rotatable bonds is 6. The highest BCUT2D eigenvalue weighted by Gasteiger charge is 2.12. The Labute approximate surface area is 72.2 Å². The van der Waals surface area contributed by atoms with Crippen molar-refractivity contribution >= 4 is 5.97 Å². The highest BCUT2D eigenvalue weighted by atomic mass is 16.5. The van der Waals surface area contributed by atoms with Crippen LogP contribution in [0.4, 0.5) is 0 Å². The molecule has 0 aliphatic rings. The summed E-state index contributed by atoms with van der Waals surface area (Å²) in [4.78, 5) is 10.7. The fourth-order valence-corrected chi connectivity index (χ4v) is 0.604. The summed E-state index contributed by atoms with van der Waals surface area (Å²) in [7, 11) is 3.12. The zero-order chi connectivity index (χ0) is 9.40. The number of nitrogens with two attached hydrogens (primary N) is 1. The maximum Gasteiger partial charge on any atom is 0.325 e. The smallest absolute Gasteiger partial charge is 0.325 e. The van der Waals surface area contributed by atoms with Crippen molar-refractivity contribution in [1.29, 1.82) is 0 Å². The second kappa shape index (κ2) is 7.02. The first kappa shape index (κ1) is 11.4. The molecular weight excluding hydrogens is 160 g/mol. The first-order valence-electron chi connectivity index (χ1n) is 3.78. The molecule has 0 fully saturated rings. The Kier molecular flexibility index (Phi) is 6.64. The van der Waals surface area contributed by atoms with E-state index in [0.29, 0.717) is 6.61 Å². The van der Waals surface area contributed by atoms with E-state index in [0.717, 1.165) is 6.54 Å². The van der Waals surface area contributed by atoms with Gasteiger partial charge in [0.2, 0.25) is 0 Å². The zero-order valence-electron chi connectivity index (χ0n) is 7.50. The molecule has 0 heterocycles. The molecular formula is C7H16N2O3. The molecule has 0 aromatic heterocycles. The molecule has 5 heteroatoms. The molecule has 72 valence electrons. The monoisotopic (exact) mass is 176 g/mol. The number of carbonyl (C=O) groups excluding carboxylic acids is 1. The lowest BCUT2D eigenvalue weighted by Gasteiger charge is -2.09. The molecule has 12 heavy (non-hydrogen) atoms. The maximum absolute atomic E-state index is 10.7. The lowest BCUT2D eigenvalue weighted by Crippen LogP contribution is -2.36. The van der Waals surface area contributed by atoms with Crippen LogP contribution in [0.1, 0.15) is 0 Å². The normalized spacial score (nSPS) is 12.6. The quantitative estimate of drug-likeness (QED) is 0.389. The maximum atomic E-state index is 10.7. The molecule has 0 radical (unpaired) electrons. The van der Waals surface area contributed by atoms with Crippen molar-refractivity contribution in [2.45, 2.75) is 6.04 Å². The number of carbonyl (C=O) groups is 1. The van der Waals surface area contributed by atoms with Gasteiger partial charge in [-0.3, -0.25) is 4.79 Å². The molecule has 0 rings (SSSR count). The zero-order valence-corrected chi connectivity index (χ0v) is 7.50. The molecule has 0 aromatic carbocycles. The van der Waals surface area contributed by atoms with E-state index in [9.17, 15) is 4.79 Å². The first-order chi connectivity index (χ1) is 5.72. The Balaban J connectivity index is 3.31. The molecule has 3 N–H and O–H groups in total. The third-order valence-electron chi connectivity index (χ3n) is 1.30. The molecule has 1 atom stereocenters. The van der Waals surface area contributed by atoms with E-state index in [1.807, 2.05) is 7.05 Å². The van der Waals surface area contributed by atoms with Crippen molar-refractivity contribution in [2.24, 2.45) is 5.73 Å². The molecule has 0 aliphatic carbocycles. The van der Waals surface area contributed by atoms with Crippen molar-refractivity contribution in [3.8, 4) is 0 Å². The van der Waals surface area contributed by atoms with Crippen LogP contribution in [-0.2, 0) is 14.3 Å². The number of hydrogen-bond donors (Lipinski definition) is 2. The lowest BCUT2D eigenvalue weighted by molar-refractivity contribution is -0.143. The van der Waals surface area contributed by atoms with Gasteiger partial charge in [0.25, 0.3) is 0 Å². The minimum atomic E-state index is -0.674. The highest BCUT2D eigenvalue weighted by Crippen LogP contribution is 1.84. The number of hydrogen-bond acceptors (Lipinski definition) is 5. The largest absolute Gasteiger partial charge is 0.468 e. The fourth-order valence-electron chi connectivity index (χ4n) is 0.604. The minimum absolute atomic E-state index is 0.203. The van der Waals surface area contributed by atoms with Crippen LogP contribution < -0.4 is 11.1 Å². The summed E-state index contributed by atoms with van der Waals surface area (Å²) in [5, 5.41) is 2.90. The van der Waals surface area contributed by atoms with E-state index in [4.69, 9.17) is 10.5 Å². The molecule has 0 aromatic rings. The number of nitrogens with one attached hydrogen (secondary N) is 1. The van der Waals surface area contributed by atoms with Gasteiger partial charge in [-0.2, -0.15) is 0 Å². The van der Waals surface area contributed by atoms with E-state index in [2.05, 4.69) is 10.1 Å². The molecule has 0 aliphatic heterocycles. The van der Waals surface area contributed by atoms with Crippen LogP contribution in [0.3, 0.4) is 0 Å². The van der Waals surface area contributed by atoms with Crippen molar-refractivity contribution in [2.75, 3.05) is 33.9 Å². The average molecular weight is 176 g/mol. The van der Waals surface area contributed by atoms with Crippen molar-refractivity contribution < 1.29 is 14.3 Å². The summed E-state index contributed by atoms with van der Waals surface area (Å²) in [6, 6.07) is -0.674. The van der Waals surface area contributed by atoms with E-state index in [1.165, 1.54) is 7.11 Å². The molecule has 5 nitrogen and oxygen atoms in total. The Bertz CT molecular complexity index is 130. The van der Waals surface area contributed by atoms with E-state index >= 15 is 0 Å². The Morgan fingerprint density at radius 3 is 2.83 bits per heavy atom. The second-order valence-corrected chi connectivity index (χ2v) is 2.31. The van der Waals surface area contributed by atoms with Gasteiger partial charge in [-0.1, -0.05) is 0 Å². The summed E-state index contributed by atoms with van der Waals surface area (Å²) >= 11 is 0. The summed E-state index contributed by atoms with van der Waals surface area (Å²) < 4.78 is 9.48. The average Bonchev–Trinajstić information content (AvgIpc) is 2.10. The van der Waals surface area contributed by atoms with Gasteiger partial charge in [0.05, 0.1) is 20.3 Å². The van der Waals surface area contributed by atoms with Gasteiger partial charge in [-0.05, 0) is 7.05 Å². The fraction of sp³-hybridized carbons (Fsp3) is 0.857. The van der Waals surface area contributed by atoms with E-state index < -0.39 is 12.0 Å². The predicted molar refractivity (Wildman–Crippen MR) is 44.7 cm³/mol. The van der Waals surface area contributed by atoms with Crippen LogP contribution in [0.25, 0.3) is 0 Å². The molecule has 0 amide bonds. The van der Waals surface area contributed by atoms with Gasteiger partial charge in [-0.15, -0.1) is 0 Å². The van der Waals surface area contributed by atoms with Crippen molar-refractivity contribution in [1.82, 2.24) is 5.32 Å². The van der Waals surface area contributed by atoms with Crippen molar-refractivity contribution in [3.05, 3.63) is 0 Å². The predicted octanol–water partition coefficient (Wildman–Crippen LogP) is -1.28. The van der Waals surface area contributed by atoms with Crippen LogP contribution in [0, 0.1) is 0 Å². The van der Waals surface area contributed by atoms with Crippen LogP contribution in [0.15, 0.2) is 0 Å². The summed E-state index contributed by atoms with van der Waals surface area (Å²) in [5.74, 6) is -0.445. The van der Waals surface area contributed by atoms with Crippen molar-refractivity contribution in [3.63, 3.8) is 0 Å². The summed E-state index contributed by atoms with van der Waals surface area (Å²) in [6.07, 6.45) is 0. The molecule has 1 unspecified atom stereocenters.